The summed E-state index contributed by atoms with van der Waals surface area (Å²) in [5.41, 5.74) is 0.911. The van der Waals surface area contributed by atoms with Gasteiger partial charge in [-0.25, -0.2) is 13.2 Å². The molecule has 1 atom stereocenters. The molecule has 0 bridgehead atoms. The van der Waals surface area contributed by atoms with Gasteiger partial charge in [-0.15, -0.1) is 0 Å². The van der Waals surface area contributed by atoms with Crippen LogP contribution < -0.4 is 9.62 Å². The van der Waals surface area contributed by atoms with Crippen molar-refractivity contribution >= 4 is 39.2 Å². The molecule has 1 aliphatic heterocycles. The van der Waals surface area contributed by atoms with E-state index in [2.05, 4.69) is 5.32 Å². The van der Waals surface area contributed by atoms with Gasteiger partial charge >= 0.3 is 5.97 Å². The molecule has 3 rings (SSSR count). The van der Waals surface area contributed by atoms with Gasteiger partial charge in [0.2, 0.25) is 5.91 Å². The fraction of sp³-hybridized carbons (Fsp3) is 0.333. The highest BCUT2D eigenvalue weighted by atomic mass is 35.5. The third-order valence-corrected chi connectivity index (χ3v) is 7.20. The molecule has 1 N–H and O–H groups in total. The van der Waals surface area contributed by atoms with Gasteiger partial charge in [0.15, 0.2) is 0 Å². The van der Waals surface area contributed by atoms with Gasteiger partial charge in [-0.3, -0.25) is 9.10 Å². The highest BCUT2D eigenvalue weighted by Gasteiger charge is 2.38. The van der Waals surface area contributed by atoms with E-state index >= 15 is 0 Å². The van der Waals surface area contributed by atoms with Crippen molar-refractivity contribution in [2.75, 3.05) is 18.0 Å². The SMILES string of the molecule is COC(=O)c1cccc(N(C2CCCCNC2=O)S(=O)(=O)c2ccc(Cl)cc2)c1C. The molecule has 160 valence electrons. The fourth-order valence-electron chi connectivity index (χ4n) is 3.53. The number of hydrogen-bond donors (Lipinski definition) is 1. The monoisotopic (exact) mass is 450 g/mol. The number of rotatable bonds is 5. The molecule has 2 aromatic rings. The van der Waals surface area contributed by atoms with Crippen LogP contribution in [0.5, 0.6) is 0 Å². The van der Waals surface area contributed by atoms with Gasteiger partial charge in [0.1, 0.15) is 6.04 Å². The van der Waals surface area contributed by atoms with E-state index in [1.807, 2.05) is 0 Å². The Hall–Kier alpha value is -2.58. The van der Waals surface area contributed by atoms with Crippen molar-refractivity contribution in [2.24, 2.45) is 0 Å². The van der Waals surface area contributed by atoms with Crippen LogP contribution in [0.1, 0.15) is 35.2 Å². The summed E-state index contributed by atoms with van der Waals surface area (Å²) in [7, 11) is -2.87. The van der Waals surface area contributed by atoms with E-state index in [4.69, 9.17) is 16.3 Å². The summed E-state index contributed by atoms with van der Waals surface area (Å²) in [6, 6.07) is 9.55. The zero-order chi connectivity index (χ0) is 21.9. The predicted molar refractivity (Wildman–Crippen MR) is 114 cm³/mol. The summed E-state index contributed by atoms with van der Waals surface area (Å²) in [6.07, 6.45) is 1.81. The Bertz CT molecular complexity index is 1050. The lowest BCUT2D eigenvalue weighted by Gasteiger charge is -2.32. The molecular formula is C21H23ClN2O5S. The maximum Gasteiger partial charge on any atom is 0.338 e. The normalized spacial score (nSPS) is 17.0. The molecule has 0 saturated carbocycles. The molecule has 1 unspecified atom stereocenters. The predicted octanol–water partition coefficient (Wildman–Crippen LogP) is 3.30. The van der Waals surface area contributed by atoms with E-state index in [-0.39, 0.29) is 22.1 Å². The molecule has 1 heterocycles. The van der Waals surface area contributed by atoms with Crippen LogP contribution in [0.25, 0.3) is 0 Å². The number of nitrogens with one attached hydrogen (secondary N) is 1. The first-order chi connectivity index (χ1) is 14.3. The van der Waals surface area contributed by atoms with Crippen molar-refractivity contribution in [1.82, 2.24) is 5.32 Å². The standard InChI is InChI=1S/C21H23ClN2O5S/c1-14-17(21(26)29-2)6-5-8-18(14)24(19-7-3-4-13-23-20(19)25)30(27,28)16-11-9-15(22)10-12-16/h5-6,8-12,19H,3-4,7,13H2,1-2H3,(H,23,25). The molecule has 0 radical (unpaired) electrons. The minimum absolute atomic E-state index is 0.00631. The zero-order valence-electron chi connectivity index (χ0n) is 16.7. The number of benzene rings is 2. The smallest absolute Gasteiger partial charge is 0.338 e. The number of amides is 1. The highest BCUT2D eigenvalue weighted by Crippen LogP contribution is 2.33. The molecule has 30 heavy (non-hydrogen) atoms. The number of esters is 1. The minimum Gasteiger partial charge on any atom is -0.465 e. The molecule has 9 heteroatoms. The second kappa shape index (κ2) is 9.06. The van der Waals surface area contributed by atoms with Crippen molar-refractivity contribution in [3.8, 4) is 0 Å². The van der Waals surface area contributed by atoms with Crippen molar-refractivity contribution in [2.45, 2.75) is 37.1 Å². The van der Waals surface area contributed by atoms with E-state index < -0.39 is 22.0 Å². The maximum absolute atomic E-state index is 13.7. The molecule has 0 aliphatic carbocycles. The van der Waals surface area contributed by atoms with Gasteiger partial charge < -0.3 is 10.1 Å². The van der Waals surface area contributed by atoms with Crippen LogP contribution in [0.15, 0.2) is 47.4 Å². The van der Waals surface area contributed by atoms with Gasteiger partial charge in [0.05, 0.1) is 23.3 Å². The van der Waals surface area contributed by atoms with Crippen LogP contribution >= 0.6 is 11.6 Å². The van der Waals surface area contributed by atoms with Gasteiger partial charge in [-0.05, 0) is 68.1 Å². The number of methoxy groups -OCH3 is 1. The van der Waals surface area contributed by atoms with Crippen molar-refractivity contribution < 1.29 is 22.7 Å². The summed E-state index contributed by atoms with van der Waals surface area (Å²) in [4.78, 5) is 25.0. The lowest BCUT2D eigenvalue weighted by molar-refractivity contribution is -0.121. The Morgan fingerprint density at radius 3 is 2.53 bits per heavy atom. The second-order valence-electron chi connectivity index (χ2n) is 7.00. The molecule has 2 aromatic carbocycles. The quantitative estimate of drug-likeness (QED) is 0.705. The maximum atomic E-state index is 13.7. The van der Waals surface area contributed by atoms with Crippen LogP contribution in [0, 0.1) is 6.92 Å². The van der Waals surface area contributed by atoms with E-state index in [0.29, 0.717) is 30.0 Å². The number of carbonyl (C=O) groups excluding carboxylic acids is 2. The largest absolute Gasteiger partial charge is 0.465 e. The summed E-state index contributed by atoms with van der Waals surface area (Å²) in [5.74, 6) is -0.948. The molecule has 7 nitrogen and oxygen atoms in total. The van der Waals surface area contributed by atoms with Crippen molar-refractivity contribution in [3.05, 3.63) is 58.6 Å². The Morgan fingerprint density at radius 1 is 1.17 bits per heavy atom. The lowest BCUT2D eigenvalue weighted by atomic mass is 10.0. The van der Waals surface area contributed by atoms with Crippen LogP contribution in [-0.4, -0.2) is 40.0 Å². The lowest BCUT2D eigenvalue weighted by Crippen LogP contribution is -2.49. The summed E-state index contributed by atoms with van der Waals surface area (Å²) >= 11 is 5.92. The minimum atomic E-state index is -4.13. The van der Waals surface area contributed by atoms with Gasteiger partial charge in [0.25, 0.3) is 10.0 Å². The Balaban J connectivity index is 2.22. The molecule has 1 amide bonds. The van der Waals surface area contributed by atoms with E-state index in [0.717, 1.165) is 10.7 Å². The average Bonchev–Trinajstić information content (AvgIpc) is 2.93. The molecule has 1 fully saturated rings. The number of anilines is 1. The fourth-order valence-corrected chi connectivity index (χ4v) is 5.35. The van der Waals surface area contributed by atoms with E-state index in [9.17, 15) is 18.0 Å². The Kier molecular flexibility index (Phi) is 6.67. The molecule has 1 saturated heterocycles. The summed E-state index contributed by atoms with van der Waals surface area (Å²) < 4.78 is 33.3. The van der Waals surface area contributed by atoms with Crippen molar-refractivity contribution in [3.63, 3.8) is 0 Å². The van der Waals surface area contributed by atoms with Crippen LogP contribution in [0.2, 0.25) is 5.02 Å². The number of sulfonamides is 1. The number of carbonyl (C=O) groups is 2. The van der Waals surface area contributed by atoms with Crippen LogP contribution in [0.3, 0.4) is 0 Å². The van der Waals surface area contributed by atoms with Gasteiger partial charge in [-0.1, -0.05) is 17.7 Å². The van der Waals surface area contributed by atoms with Crippen LogP contribution in [-0.2, 0) is 19.6 Å². The second-order valence-corrected chi connectivity index (χ2v) is 9.25. The topological polar surface area (TPSA) is 92.8 Å². The first-order valence-electron chi connectivity index (χ1n) is 9.53. The van der Waals surface area contributed by atoms with E-state index in [1.165, 1.54) is 31.4 Å². The van der Waals surface area contributed by atoms with E-state index in [1.54, 1.807) is 25.1 Å². The number of ether oxygens (including phenoxy) is 1. The molecule has 1 aliphatic rings. The first kappa shape index (κ1) is 22.1. The molecule has 0 spiro atoms. The third kappa shape index (κ3) is 4.29. The van der Waals surface area contributed by atoms with Crippen LogP contribution in [0.4, 0.5) is 5.69 Å². The Labute approximate surface area is 181 Å². The average molecular weight is 451 g/mol. The zero-order valence-corrected chi connectivity index (χ0v) is 18.3. The van der Waals surface area contributed by atoms with Gasteiger partial charge in [0, 0.05) is 11.6 Å². The number of nitrogens with zero attached hydrogens (tertiary/aromatic N) is 1. The Morgan fingerprint density at radius 2 is 1.87 bits per heavy atom. The number of hydrogen-bond acceptors (Lipinski definition) is 5. The molecule has 0 aromatic heterocycles. The van der Waals surface area contributed by atoms with Crippen molar-refractivity contribution in [1.29, 1.82) is 0 Å². The first-order valence-corrected chi connectivity index (χ1v) is 11.3. The summed E-state index contributed by atoms with van der Waals surface area (Å²) in [6.45, 7) is 2.13. The third-order valence-electron chi connectivity index (χ3n) is 5.11. The number of halogens is 1. The molecular weight excluding hydrogens is 428 g/mol. The highest BCUT2D eigenvalue weighted by molar-refractivity contribution is 7.93. The summed E-state index contributed by atoms with van der Waals surface area (Å²) in [5, 5.41) is 3.19. The van der Waals surface area contributed by atoms with Gasteiger partial charge in [-0.2, -0.15) is 0 Å².